The van der Waals surface area contributed by atoms with Gasteiger partial charge in [-0.05, 0) is 73.2 Å². The van der Waals surface area contributed by atoms with Crippen LogP contribution in [0.5, 0.6) is 0 Å². The van der Waals surface area contributed by atoms with Crippen molar-refractivity contribution >= 4 is 21.6 Å². The lowest BCUT2D eigenvalue weighted by Gasteiger charge is -2.34. The molecule has 2 atom stereocenters. The summed E-state index contributed by atoms with van der Waals surface area (Å²) in [5.41, 5.74) is 2.49. The zero-order chi connectivity index (χ0) is 23.2. The van der Waals surface area contributed by atoms with Gasteiger partial charge < -0.3 is 4.42 Å². The maximum absolute atomic E-state index is 15.0. The van der Waals surface area contributed by atoms with Gasteiger partial charge in [0.25, 0.3) is 0 Å². The molecule has 0 saturated carbocycles. The summed E-state index contributed by atoms with van der Waals surface area (Å²) >= 11 is 6.09. The minimum absolute atomic E-state index is 0.120. The Labute approximate surface area is 190 Å². The van der Waals surface area contributed by atoms with Crippen LogP contribution in [0.2, 0.25) is 5.02 Å². The van der Waals surface area contributed by atoms with E-state index in [1.807, 2.05) is 6.92 Å². The molecule has 3 aromatic rings. The van der Waals surface area contributed by atoms with E-state index in [0.717, 1.165) is 16.6 Å². The fourth-order valence-corrected chi connectivity index (χ4v) is 6.54. The molecule has 2 heterocycles. The number of hydrogen-bond donors (Lipinski definition) is 0. The van der Waals surface area contributed by atoms with Gasteiger partial charge >= 0.3 is 5.76 Å². The second-order valence-electron chi connectivity index (χ2n) is 8.03. The molecule has 4 rings (SSSR count). The lowest BCUT2D eigenvalue weighted by molar-refractivity contribution is 0.185. The van der Waals surface area contributed by atoms with Crippen molar-refractivity contribution in [1.29, 1.82) is 0 Å². The zero-order valence-corrected chi connectivity index (χ0v) is 19.5. The maximum Gasteiger partial charge on any atom is 0.438 e. The minimum atomic E-state index is -4.06. The standard InChI is InChI=1S/C22H23ClFN3O4S/c1-13-6-8-18(24)20(14(13)2)15(3)21(27-22(28)31-12-25-27)26-10-4-5-16-11-17(23)7-9-19(16)32(26,29)30/h6-9,11-12,15,21H,4-5,10H2,1-3H3/t15-,21-/m1/s1. The van der Waals surface area contributed by atoms with Crippen LogP contribution in [0.25, 0.3) is 0 Å². The van der Waals surface area contributed by atoms with Crippen molar-refractivity contribution in [1.82, 2.24) is 14.1 Å². The summed E-state index contributed by atoms with van der Waals surface area (Å²) in [6.07, 6.45) is 0.832. The number of sulfonamides is 1. The Morgan fingerprint density at radius 3 is 2.66 bits per heavy atom. The minimum Gasteiger partial charge on any atom is -0.395 e. The van der Waals surface area contributed by atoms with Crippen molar-refractivity contribution in [3.63, 3.8) is 0 Å². The summed E-state index contributed by atoms with van der Waals surface area (Å²) in [6.45, 7) is 5.45. The van der Waals surface area contributed by atoms with Crippen LogP contribution in [0.3, 0.4) is 0 Å². The predicted octanol–water partition coefficient (Wildman–Crippen LogP) is 4.19. The highest BCUT2D eigenvalue weighted by Gasteiger charge is 2.41. The number of nitrogens with zero attached hydrogens (tertiary/aromatic N) is 3. The highest BCUT2D eigenvalue weighted by Crippen LogP contribution is 2.39. The van der Waals surface area contributed by atoms with Gasteiger partial charge in [0.05, 0.1) is 4.90 Å². The van der Waals surface area contributed by atoms with Crippen LogP contribution >= 0.6 is 11.6 Å². The Bertz CT molecular complexity index is 1340. The first-order valence-electron chi connectivity index (χ1n) is 10.2. The molecule has 2 aromatic carbocycles. The van der Waals surface area contributed by atoms with Crippen molar-refractivity contribution < 1.29 is 17.2 Å². The largest absolute Gasteiger partial charge is 0.438 e. The monoisotopic (exact) mass is 479 g/mol. The summed E-state index contributed by atoms with van der Waals surface area (Å²) in [7, 11) is -4.06. The highest BCUT2D eigenvalue weighted by atomic mass is 35.5. The van der Waals surface area contributed by atoms with E-state index in [0.29, 0.717) is 34.6 Å². The molecule has 0 spiro atoms. The molecule has 0 aliphatic carbocycles. The van der Waals surface area contributed by atoms with Crippen LogP contribution < -0.4 is 5.76 Å². The highest BCUT2D eigenvalue weighted by molar-refractivity contribution is 7.89. The van der Waals surface area contributed by atoms with Crippen LogP contribution in [-0.4, -0.2) is 29.0 Å². The molecule has 0 radical (unpaired) electrons. The first-order chi connectivity index (χ1) is 15.1. The van der Waals surface area contributed by atoms with Gasteiger partial charge in [-0.2, -0.15) is 8.99 Å². The van der Waals surface area contributed by atoms with E-state index in [1.165, 1.54) is 22.5 Å². The van der Waals surface area contributed by atoms with E-state index in [2.05, 4.69) is 5.10 Å². The molecule has 32 heavy (non-hydrogen) atoms. The molecule has 0 bridgehead atoms. The second kappa shape index (κ2) is 8.46. The Balaban J connectivity index is 1.93. The van der Waals surface area contributed by atoms with Crippen molar-refractivity contribution in [3.05, 3.63) is 80.4 Å². The number of hydrogen-bond acceptors (Lipinski definition) is 5. The van der Waals surface area contributed by atoms with Crippen LogP contribution in [0.1, 0.15) is 47.7 Å². The van der Waals surface area contributed by atoms with Gasteiger partial charge in [0.2, 0.25) is 16.4 Å². The van der Waals surface area contributed by atoms with E-state index in [9.17, 15) is 17.6 Å². The van der Waals surface area contributed by atoms with Crippen molar-refractivity contribution in [2.45, 2.75) is 50.6 Å². The summed E-state index contributed by atoms with van der Waals surface area (Å²) in [4.78, 5) is 12.6. The number of aryl methyl sites for hydroxylation is 2. The third kappa shape index (κ3) is 3.78. The molecular formula is C22H23ClFN3O4S. The Hall–Kier alpha value is -2.49. The number of benzene rings is 2. The molecule has 1 aliphatic heterocycles. The number of halogens is 2. The number of aromatic nitrogens is 2. The van der Waals surface area contributed by atoms with Gasteiger partial charge in [-0.1, -0.05) is 24.6 Å². The predicted molar refractivity (Wildman–Crippen MR) is 118 cm³/mol. The summed E-state index contributed by atoms with van der Waals surface area (Å²) in [5, 5.41) is 4.42. The molecule has 1 aromatic heterocycles. The first-order valence-corrected chi connectivity index (χ1v) is 12.0. The van der Waals surface area contributed by atoms with Crippen LogP contribution in [0.15, 0.2) is 50.8 Å². The maximum atomic E-state index is 15.0. The van der Waals surface area contributed by atoms with E-state index < -0.39 is 33.7 Å². The van der Waals surface area contributed by atoms with Crippen LogP contribution in [-0.2, 0) is 16.4 Å². The van der Waals surface area contributed by atoms with Gasteiger partial charge in [-0.15, -0.1) is 5.10 Å². The first kappa shape index (κ1) is 22.7. The SMILES string of the molecule is Cc1ccc(F)c([C@@H](C)[C@H](N2CCCc3cc(Cl)ccc3S2(=O)=O)n2ncoc2=O)c1C. The molecule has 7 nitrogen and oxygen atoms in total. The van der Waals surface area contributed by atoms with Crippen molar-refractivity contribution in [2.75, 3.05) is 6.54 Å². The van der Waals surface area contributed by atoms with Gasteiger partial charge in [-0.25, -0.2) is 17.6 Å². The van der Waals surface area contributed by atoms with Gasteiger partial charge in [0, 0.05) is 17.5 Å². The fourth-order valence-electron chi connectivity index (χ4n) is 4.43. The fraction of sp³-hybridized carbons (Fsp3) is 0.364. The van der Waals surface area contributed by atoms with Crippen molar-refractivity contribution in [3.8, 4) is 0 Å². The second-order valence-corrected chi connectivity index (χ2v) is 10.3. The van der Waals surface area contributed by atoms with Gasteiger partial charge in [-0.3, -0.25) is 0 Å². The Morgan fingerprint density at radius 2 is 1.97 bits per heavy atom. The third-order valence-electron chi connectivity index (χ3n) is 6.13. The molecule has 0 fully saturated rings. The van der Waals surface area contributed by atoms with E-state index >= 15 is 0 Å². The molecule has 0 N–H and O–H groups in total. The average molecular weight is 480 g/mol. The number of fused-ring (bicyclic) bond motifs is 1. The average Bonchev–Trinajstić information content (AvgIpc) is 3.10. The molecule has 170 valence electrons. The third-order valence-corrected chi connectivity index (χ3v) is 8.33. The molecule has 10 heteroatoms. The zero-order valence-electron chi connectivity index (χ0n) is 17.9. The van der Waals surface area contributed by atoms with E-state index in [1.54, 1.807) is 26.0 Å². The van der Waals surface area contributed by atoms with Crippen LogP contribution in [0, 0.1) is 19.7 Å². The van der Waals surface area contributed by atoms with E-state index in [4.69, 9.17) is 16.0 Å². The topological polar surface area (TPSA) is 85.4 Å². The van der Waals surface area contributed by atoms with Gasteiger partial charge in [0.15, 0.2) is 0 Å². The molecule has 0 amide bonds. The molecular weight excluding hydrogens is 457 g/mol. The van der Waals surface area contributed by atoms with Crippen LogP contribution in [0.4, 0.5) is 4.39 Å². The summed E-state index contributed by atoms with van der Waals surface area (Å²) in [5.74, 6) is -2.02. The van der Waals surface area contributed by atoms with Gasteiger partial charge in [0.1, 0.15) is 12.0 Å². The molecule has 1 aliphatic rings. The lowest BCUT2D eigenvalue weighted by atomic mass is 9.90. The molecule has 0 unspecified atom stereocenters. The number of rotatable bonds is 4. The Morgan fingerprint density at radius 1 is 1.22 bits per heavy atom. The smallest absolute Gasteiger partial charge is 0.395 e. The van der Waals surface area contributed by atoms with E-state index in [-0.39, 0.29) is 11.4 Å². The van der Waals surface area contributed by atoms with Crippen molar-refractivity contribution in [2.24, 2.45) is 0 Å². The quantitative estimate of drug-likeness (QED) is 0.560. The molecule has 0 saturated heterocycles. The summed E-state index contributed by atoms with van der Waals surface area (Å²) < 4.78 is 49.6. The Kier molecular flexibility index (Phi) is 6.00. The normalized spacial score (nSPS) is 18.0. The summed E-state index contributed by atoms with van der Waals surface area (Å²) in [6, 6.07) is 7.65. The lowest BCUT2D eigenvalue weighted by Crippen LogP contribution is -2.44.